The first-order chi connectivity index (χ1) is 9.77. The molecule has 0 aliphatic carbocycles. The van der Waals surface area contributed by atoms with Crippen LogP contribution in [0.4, 0.5) is 0 Å². The first kappa shape index (κ1) is 20.1. The summed E-state index contributed by atoms with van der Waals surface area (Å²) >= 11 is 0. The first-order valence-corrected chi connectivity index (χ1v) is 7.81. The maximum Gasteiger partial charge on any atom is 0.246 e. The van der Waals surface area contributed by atoms with Gasteiger partial charge >= 0.3 is 0 Å². The minimum absolute atomic E-state index is 0.0168. The molecule has 5 heteroatoms. The summed E-state index contributed by atoms with van der Waals surface area (Å²) in [6.45, 7) is 8.72. The summed E-state index contributed by atoms with van der Waals surface area (Å²) in [6, 6.07) is -0.382. The Bertz CT molecular complexity index is 327. The number of amides is 1. The Labute approximate surface area is 128 Å². The van der Waals surface area contributed by atoms with Gasteiger partial charge in [-0.05, 0) is 37.2 Å². The number of carbonyl (C=O) groups excluding carboxylic acids is 1. The number of carbonyl (C=O) groups is 1. The maximum atomic E-state index is 12.1. The van der Waals surface area contributed by atoms with Gasteiger partial charge in [-0.1, -0.05) is 27.7 Å². The van der Waals surface area contributed by atoms with Crippen molar-refractivity contribution in [3.05, 3.63) is 11.6 Å². The highest BCUT2D eigenvalue weighted by atomic mass is 16.3. The lowest BCUT2D eigenvalue weighted by atomic mass is 9.97. The second-order valence-electron chi connectivity index (χ2n) is 6.41. The lowest BCUT2D eigenvalue weighted by Gasteiger charge is -2.19. The van der Waals surface area contributed by atoms with Crippen molar-refractivity contribution in [2.75, 3.05) is 13.2 Å². The third-order valence-corrected chi connectivity index (χ3v) is 3.12. The summed E-state index contributed by atoms with van der Waals surface area (Å²) in [5.41, 5.74) is 6.44. The van der Waals surface area contributed by atoms with Gasteiger partial charge in [0, 0.05) is 24.8 Å². The number of aliphatic hydroxyl groups is 2. The van der Waals surface area contributed by atoms with Crippen LogP contribution in [0.5, 0.6) is 0 Å². The Morgan fingerprint density at radius 2 is 1.86 bits per heavy atom. The van der Waals surface area contributed by atoms with Gasteiger partial charge in [0.2, 0.25) is 5.91 Å². The molecule has 0 rings (SSSR count). The fourth-order valence-electron chi connectivity index (χ4n) is 1.97. The Hall–Kier alpha value is -0.910. The Kier molecular flexibility index (Phi) is 10.3. The molecule has 5 nitrogen and oxygen atoms in total. The molecule has 0 saturated heterocycles. The van der Waals surface area contributed by atoms with E-state index in [1.54, 1.807) is 6.08 Å². The summed E-state index contributed by atoms with van der Waals surface area (Å²) in [6.07, 6.45) is 2.32. The number of hydrogen-bond donors (Lipinski definition) is 4. The van der Waals surface area contributed by atoms with E-state index in [0.29, 0.717) is 43.2 Å². The largest absolute Gasteiger partial charge is 0.396 e. The number of nitrogens with one attached hydrogen (secondary N) is 1. The van der Waals surface area contributed by atoms with E-state index in [1.807, 2.05) is 27.7 Å². The predicted molar refractivity (Wildman–Crippen MR) is 85.7 cm³/mol. The molecule has 0 unspecified atom stereocenters. The minimum atomic E-state index is -0.842. The van der Waals surface area contributed by atoms with Crippen LogP contribution in [-0.2, 0) is 4.79 Å². The summed E-state index contributed by atoms with van der Waals surface area (Å²) in [7, 11) is 0. The van der Waals surface area contributed by atoms with Crippen molar-refractivity contribution in [2.45, 2.75) is 59.1 Å². The smallest absolute Gasteiger partial charge is 0.246 e. The Morgan fingerprint density at radius 3 is 2.33 bits per heavy atom. The van der Waals surface area contributed by atoms with Crippen molar-refractivity contribution in [3.63, 3.8) is 0 Å². The van der Waals surface area contributed by atoms with Gasteiger partial charge < -0.3 is 21.3 Å². The lowest BCUT2D eigenvalue weighted by Crippen LogP contribution is -2.36. The van der Waals surface area contributed by atoms with Crippen molar-refractivity contribution in [3.8, 4) is 0 Å². The van der Waals surface area contributed by atoms with Gasteiger partial charge in [-0.2, -0.15) is 0 Å². The van der Waals surface area contributed by atoms with Gasteiger partial charge in [0.25, 0.3) is 0 Å². The molecule has 21 heavy (non-hydrogen) atoms. The molecule has 0 aromatic heterocycles. The molecule has 124 valence electrons. The summed E-state index contributed by atoms with van der Waals surface area (Å²) in [5, 5.41) is 21.9. The van der Waals surface area contributed by atoms with Crippen molar-refractivity contribution in [1.29, 1.82) is 0 Å². The molecule has 0 aromatic carbocycles. The summed E-state index contributed by atoms with van der Waals surface area (Å²) in [4.78, 5) is 12.1. The summed E-state index contributed by atoms with van der Waals surface area (Å²) < 4.78 is 0. The van der Waals surface area contributed by atoms with Crippen LogP contribution in [0.2, 0.25) is 0 Å². The van der Waals surface area contributed by atoms with E-state index in [1.165, 1.54) is 0 Å². The molecular formula is C16H32N2O3. The highest BCUT2D eigenvalue weighted by molar-refractivity contribution is 5.93. The Morgan fingerprint density at radius 1 is 1.24 bits per heavy atom. The highest BCUT2D eigenvalue weighted by Crippen LogP contribution is 2.12. The number of rotatable bonds is 10. The second kappa shape index (κ2) is 10.8. The lowest BCUT2D eigenvalue weighted by molar-refractivity contribution is -0.117. The van der Waals surface area contributed by atoms with Crippen LogP contribution in [0.25, 0.3) is 0 Å². The van der Waals surface area contributed by atoms with Crippen LogP contribution in [0.1, 0.15) is 47.0 Å². The van der Waals surface area contributed by atoms with E-state index in [2.05, 4.69) is 5.32 Å². The van der Waals surface area contributed by atoms with Crippen molar-refractivity contribution in [2.24, 2.45) is 17.6 Å². The molecule has 2 atom stereocenters. The van der Waals surface area contributed by atoms with Crippen LogP contribution >= 0.6 is 0 Å². The quantitative estimate of drug-likeness (QED) is 0.456. The average molecular weight is 300 g/mol. The minimum Gasteiger partial charge on any atom is -0.396 e. The zero-order valence-electron chi connectivity index (χ0n) is 13.8. The zero-order chi connectivity index (χ0) is 16.4. The molecule has 0 aromatic rings. The molecule has 0 radical (unpaired) electrons. The van der Waals surface area contributed by atoms with Crippen LogP contribution < -0.4 is 11.1 Å². The fourth-order valence-corrected chi connectivity index (χ4v) is 1.97. The van der Waals surface area contributed by atoms with Crippen molar-refractivity contribution >= 4 is 5.91 Å². The third-order valence-electron chi connectivity index (χ3n) is 3.12. The average Bonchev–Trinajstić information content (AvgIpc) is 2.39. The molecule has 0 spiro atoms. The summed E-state index contributed by atoms with van der Waals surface area (Å²) in [5.74, 6) is 0.563. The fraction of sp³-hybridized carbons (Fsp3) is 0.812. The van der Waals surface area contributed by atoms with E-state index in [4.69, 9.17) is 10.8 Å². The molecular weight excluding hydrogens is 268 g/mol. The van der Waals surface area contributed by atoms with Crippen LogP contribution in [-0.4, -0.2) is 41.4 Å². The van der Waals surface area contributed by atoms with Gasteiger partial charge in [0.05, 0.1) is 6.10 Å². The number of hydrogen-bond acceptors (Lipinski definition) is 4. The third kappa shape index (κ3) is 9.61. The molecule has 0 heterocycles. The van der Waals surface area contributed by atoms with Gasteiger partial charge in [0.1, 0.15) is 0 Å². The molecule has 0 fully saturated rings. The van der Waals surface area contributed by atoms with Gasteiger partial charge in [-0.15, -0.1) is 0 Å². The molecule has 5 N–H and O–H groups in total. The molecule has 0 aliphatic rings. The van der Waals surface area contributed by atoms with Crippen LogP contribution in [0.15, 0.2) is 11.6 Å². The molecule has 1 amide bonds. The molecule has 0 bridgehead atoms. The number of aliphatic hydroxyl groups excluding tert-OH is 2. The van der Waals surface area contributed by atoms with E-state index < -0.39 is 6.10 Å². The van der Waals surface area contributed by atoms with E-state index in [-0.39, 0.29) is 18.6 Å². The van der Waals surface area contributed by atoms with Crippen LogP contribution in [0.3, 0.4) is 0 Å². The topological polar surface area (TPSA) is 95.6 Å². The van der Waals surface area contributed by atoms with E-state index in [0.717, 1.165) is 0 Å². The monoisotopic (exact) mass is 300 g/mol. The predicted octanol–water partition coefficient (Wildman–Crippen LogP) is 1.19. The number of nitrogens with two attached hydrogens (primary N) is 1. The Balaban J connectivity index is 4.77. The first-order valence-electron chi connectivity index (χ1n) is 7.81. The van der Waals surface area contributed by atoms with Gasteiger partial charge in [0.15, 0.2) is 0 Å². The standard InChI is InChI=1S/C16H32N2O3/c1-11(2)8-14(17)15(20)9-13(6-5-7-19)16(21)18-10-12(3)4/h9,11-12,14-15,19-20H,5-8,10,17H2,1-4H3,(H,18,21)/t14-,15-/m0/s1. The second-order valence-corrected chi connectivity index (χ2v) is 6.41. The zero-order valence-corrected chi connectivity index (χ0v) is 13.8. The van der Waals surface area contributed by atoms with Crippen molar-refractivity contribution < 1.29 is 15.0 Å². The highest BCUT2D eigenvalue weighted by Gasteiger charge is 2.17. The SMILES string of the molecule is CC(C)CNC(=O)C(=C[C@H](O)[C@@H](N)CC(C)C)CCCO. The van der Waals surface area contributed by atoms with E-state index in [9.17, 15) is 9.90 Å². The van der Waals surface area contributed by atoms with Gasteiger partial charge in [-0.3, -0.25) is 4.79 Å². The normalized spacial score (nSPS) is 15.4. The molecule has 0 saturated carbocycles. The maximum absolute atomic E-state index is 12.1. The van der Waals surface area contributed by atoms with Crippen LogP contribution in [0, 0.1) is 11.8 Å². The van der Waals surface area contributed by atoms with Gasteiger partial charge in [-0.25, -0.2) is 0 Å². The van der Waals surface area contributed by atoms with Crippen molar-refractivity contribution in [1.82, 2.24) is 5.32 Å². The molecule has 0 aliphatic heterocycles. The van der Waals surface area contributed by atoms with E-state index >= 15 is 0 Å².